The first kappa shape index (κ1) is 10.2. The molecule has 0 aromatic carbocycles. The zero-order valence-electron chi connectivity index (χ0n) is 7.89. The number of nitrogens with one attached hydrogen (secondary N) is 2. The number of rotatable bonds is 3. The summed E-state index contributed by atoms with van der Waals surface area (Å²) < 4.78 is 26.1. The standard InChI is InChI=1S/C8H9N3O2S2/c1-6-5-7(10-9-6)11-15(12,13)8-3-2-4-14-8/h2-5H,1H3,(H2,9,10,11). The van der Waals surface area contributed by atoms with Crippen molar-refractivity contribution in [2.24, 2.45) is 0 Å². The molecule has 0 aliphatic rings. The van der Waals surface area contributed by atoms with E-state index in [-0.39, 0.29) is 4.21 Å². The van der Waals surface area contributed by atoms with Gasteiger partial charge in [0.2, 0.25) is 0 Å². The molecule has 0 aliphatic heterocycles. The summed E-state index contributed by atoms with van der Waals surface area (Å²) in [6.45, 7) is 1.80. The van der Waals surface area contributed by atoms with Gasteiger partial charge >= 0.3 is 0 Å². The first-order chi connectivity index (χ1) is 7.08. The van der Waals surface area contributed by atoms with Crippen molar-refractivity contribution in [2.75, 3.05) is 4.72 Å². The molecule has 0 atom stereocenters. The van der Waals surface area contributed by atoms with E-state index in [0.717, 1.165) is 5.69 Å². The Morgan fingerprint density at radius 2 is 2.33 bits per heavy atom. The van der Waals surface area contributed by atoms with E-state index in [4.69, 9.17) is 0 Å². The van der Waals surface area contributed by atoms with Gasteiger partial charge in [0.15, 0.2) is 5.82 Å². The van der Waals surface area contributed by atoms with Gasteiger partial charge in [-0.25, -0.2) is 8.42 Å². The Kier molecular flexibility index (Phi) is 2.49. The SMILES string of the molecule is Cc1cc(NS(=O)(=O)c2cccs2)n[nH]1. The van der Waals surface area contributed by atoms with E-state index >= 15 is 0 Å². The van der Waals surface area contributed by atoms with E-state index < -0.39 is 10.0 Å². The number of aromatic nitrogens is 2. The molecule has 80 valence electrons. The number of aryl methyl sites for hydroxylation is 1. The first-order valence-corrected chi connectivity index (χ1v) is 6.52. The molecule has 0 saturated heterocycles. The molecule has 0 aliphatic carbocycles. The van der Waals surface area contributed by atoms with Gasteiger partial charge in [-0.1, -0.05) is 6.07 Å². The average Bonchev–Trinajstić information content (AvgIpc) is 2.75. The fourth-order valence-corrected chi connectivity index (χ4v) is 3.06. The molecule has 0 amide bonds. The minimum Gasteiger partial charge on any atom is -0.281 e. The lowest BCUT2D eigenvalue weighted by molar-refractivity contribution is 0.603. The van der Waals surface area contributed by atoms with Gasteiger partial charge in [-0.2, -0.15) is 5.10 Å². The lowest BCUT2D eigenvalue weighted by atomic mass is 10.5. The highest BCUT2D eigenvalue weighted by Gasteiger charge is 2.15. The van der Waals surface area contributed by atoms with Crippen molar-refractivity contribution < 1.29 is 8.42 Å². The molecular formula is C8H9N3O2S2. The van der Waals surface area contributed by atoms with Crippen LogP contribution in [0.1, 0.15) is 5.69 Å². The van der Waals surface area contributed by atoms with Crippen LogP contribution >= 0.6 is 11.3 Å². The van der Waals surface area contributed by atoms with Crippen LogP contribution in [0.15, 0.2) is 27.8 Å². The van der Waals surface area contributed by atoms with Crippen LogP contribution in [0.3, 0.4) is 0 Å². The van der Waals surface area contributed by atoms with Crippen molar-refractivity contribution in [1.82, 2.24) is 10.2 Å². The van der Waals surface area contributed by atoms with E-state index in [9.17, 15) is 8.42 Å². The van der Waals surface area contributed by atoms with Crippen LogP contribution in [0, 0.1) is 6.92 Å². The molecule has 5 nitrogen and oxygen atoms in total. The molecule has 15 heavy (non-hydrogen) atoms. The van der Waals surface area contributed by atoms with E-state index in [1.807, 2.05) is 0 Å². The van der Waals surface area contributed by atoms with Gasteiger partial charge in [-0.05, 0) is 18.4 Å². The maximum Gasteiger partial charge on any atom is 0.272 e. The Morgan fingerprint density at radius 3 is 2.87 bits per heavy atom. The van der Waals surface area contributed by atoms with Gasteiger partial charge < -0.3 is 0 Å². The van der Waals surface area contributed by atoms with Gasteiger partial charge in [-0.15, -0.1) is 11.3 Å². The molecular weight excluding hydrogens is 234 g/mol. The van der Waals surface area contributed by atoms with Crippen molar-refractivity contribution in [3.63, 3.8) is 0 Å². The van der Waals surface area contributed by atoms with Crippen LogP contribution in [-0.4, -0.2) is 18.6 Å². The van der Waals surface area contributed by atoms with Crippen LogP contribution < -0.4 is 4.72 Å². The van der Waals surface area contributed by atoms with Crippen molar-refractivity contribution in [3.8, 4) is 0 Å². The fourth-order valence-electron chi connectivity index (χ4n) is 1.07. The third kappa shape index (κ3) is 2.18. The number of H-pyrrole nitrogens is 1. The molecule has 7 heteroatoms. The fraction of sp³-hybridized carbons (Fsp3) is 0.125. The molecule has 0 unspecified atom stereocenters. The molecule has 2 rings (SSSR count). The van der Waals surface area contributed by atoms with Gasteiger partial charge in [0.05, 0.1) is 0 Å². The minimum atomic E-state index is -3.47. The van der Waals surface area contributed by atoms with Gasteiger partial charge in [0, 0.05) is 11.8 Å². The number of hydrogen-bond donors (Lipinski definition) is 2. The van der Waals surface area contributed by atoms with Crippen LogP contribution in [0.5, 0.6) is 0 Å². The largest absolute Gasteiger partial charge is 0.281 e. The van der Waals surface area contributed by atoms with Gasteiger partial charge in [0.25, 0.3) is 10.0 Å². The smallest absolute Gasteiger partial charge is 0.272 e. The van der Waals surface area contributed by atoms with Crippen molar-refractivity contribution in [3.05, 3.63) is 29.3 Å². The highest BCUT2D eigenvalue weighted by molar-refractivity contribution is 7.94. The number of sulfonamides is 1. The van der Waals surface area contributed by atoms with Crippen LogP contribution in [0.4, 0.5) is 5.82 Å². The highest BCUT2D eigenvalue weighted by atomic mass is 32.2. The summed E-state index contributed by atoms with van der Waals surface area (Å²) in [4.78, 5) is 0. The summed E-state index contributed by atoms with van der Waals surface area (Å²) in [6.07, 6.45) is 0. The highest BCUT2D eigenvalue weighted by Crippen LogP contribution is 2.19. The Labute approximate surface area is 91.2 Å². The van der Waals surface area contributed by atoms with E-state index in [2.05, 4.69) is 14.9 Å². The van der Waals surface area contributed by atoms with E-state index in [0.29, 0.717) is 5.82 Å². The van der Waals surface area contributed by atoms with Crippen LogP contribution in [-0.2, 0) is 10.0 Å². The second-order valence-electron chi connectivity index (χ2n) is 2.97. The van der Waals surface area contributed by atoms with Gasteiger partial charge in [0.1, 0.15) is 4.21 Å². The molecule has 0 fully saturated rings. The summed E-state index contributed by atoms with van der Waals surface area (Å²) in [5.74, 6) is 0.306. The van der Waals surface area contributed by atoms with Crippen molar-refractivity contribution >= 4 is 27.2 Å². The predicted octanol–water partition coefficient (Wildman–Crippen LogP) is 1.58. The third-order valence-electron chi connectivity index (χ3n) is 1.70. The zero-order chi connectivity index (χ0) is 10.9. The lowest BCUT2D eigenvalue weighted by Gasteiger charge is -2.01. The number of hydrogen-bond acceptors (Lipinski definition) is 4. The summed E-state index contributed by atoms with van der Waals surface area (Å²) in [5.41, 5.74) is 0.805. The second kappa shape index (κ2) is 3.67. The molecule has 2 aromatic rings. The minimum absolute atomic E-state index is 0.281. The van der Waals surface area contributed by atoms with Crippen LogP contribution in [0.25, 0.3) is 0 Å². The Balaban J connectivity index is 2.26. The van der Waals surface area contributed by atoms with Crippen molar-refractivity contribution in [2.45, 2.75) is 11.1 Å². The van der Waals surface area contributed by atoms with Crippen LogP contribution in [0.2, 0.25) is 0 Å². The normalized spacial score (nSPS) is 11.5. The first-order valence-electron chi connectivity index (χ1n) is 4.16. The molecule has 0 spiro atoms. The molecule has 2 aromatic heterocycles. The summed E-state index contributed by atoms with van der Waals surface area (Å²) in [5, 5.41) is 8.18. The average molecular weight is 243 g/mol. The summed E-state index contributed by atoms with van der Waals surface area (Å²) >= 11 is 1.17. The Hall–Kier alpha value is -1.34. The third-order valence-corrected chi connectivity index (χ3v) is 4.46. The number of anilines is 1. The Morgan fingerprint density at radius 1 is 1.53 bits per heavy atom. The number of aromatic amines is 1. The molecule has 0 saturated carbocycles. The quantitative estimate of drug-likeness (QED) is 0.859. The monoisotopic (exact) mass is 243 g/mol. The van der Waals surface area contributed by atoms with E-state index in [1.165, 1.54) is 11.3 Å². The molecule has 0 bridgehead atoms. The Bertz CT molecular complexity index is 542. The number of nitrogens with zero attached hydrogens (tertiary/aromatic N) is 1. The topological polar surface area (TPSA) is 74.8 Å². The van der Waals surface area contributed by atoms with E-state index in [1.54, 1.807) is 30.5 Å². The predicted molar refractivity (Wildman–Crippen MR) is 58.5 cm³/mol. The lowest BCUT2D eigenvalue weighted by Crippen LogP contribution is -2.11. The zero-order valence-corrected chi connectivity index (χ0v) is 9.52. The molecule has 0 radical (unpaired) electrons. The van der Waals surface area contributed by atoms with Crippen molar-refractivity contribution in [1.29, 1.82) is 0 Å². The number of thiophene rings is 1. The molecule has 2 N–H and O–H groups in total. The summed E-state index contributed by atoms with van der Waals surface area (Å²) in [6, 6.07) is 4.87. The summed E-state index contributed by atoms with van der Waals surface area (Å²) in [7, 11) is -3.47. The maximum absolute atomic E-state index is 11.7. The maximum atomic E-state index is 11.7. The molecule has 2 heterocycles. The second-order valence-corrected chi connectivity index (χ2v) is 5.83. The van der Waals surface area contributed by atoms with Gasteiger partial charge in [-0.3, -0.25) is 9.82 Å².